The van der Waals surface area contributed by atoms with Crippen molar-refractivity contribution in [1.29, 1.82) is 0 Å². The largest absolute Gasteiger partial charge is 0.0730 e. The van der Waals surface area contributed by atoms with Gasteiger partial charge in [-0.05, 0) is 92.4 Å². The van der Waals surface area contributed by atoms with Gasteiger partial charge >= 0.3 is 0 Å². The number of benzene rings is 1. The molecule has 0 unspecified atom stereocenters. The highest BCUT2D eigenvalue weighted by molar-refractivity contribution is 5.38. The molecule has 0 N–H and O–H groups in total. The maximum atomic E-state index is 3.27. The van der Waals surface area contributed by atoms with Crippen molar-refractivity contribution in [2.24, 2.45) is 23.7 Å². The van der Waals surface area contributed by atoms with E-state index in [0.717, 1.165) is 35.7 Å². The van der Waals surface area contributed by atoms with Crippen LogP contribution >= 0.6 is 0 Å². The van der Waals surface area contributed by atoms with Crippen LogP contribution in [0.15, 0.2) is 36.4 Å². The van der Waals surface area contributed by atoms with E-state index in [9.17, 15) is 0 Å². The average Bonchev–Trinajstić information content (AvgIpc) is 2.73. The second-order valence-electron chi connectivity index (χ2n) is 8.92. The highest BCUT2D eigenvalue weighted by atomic mass is 14.3. The van der Waals surface area contributed by atoms with Crippen molar-refractivity contribution in [2.45, 2.75) is 84.5 Å². The predicted octanol–water partition coefficient (Wildman–Crippen LogP) is 7.57. The van der Waals surface area contributed by atoms with Gasteiger partial charge in [0, 0.05) is 5.56 Å². The van der Waals surface area contributed by atoms with Crippen LogP contribution in [0.4, 0.5) is 0 Å². The summed E-state index contributed by atoms with van der Waals surface area (Å²) < 4.78 is 0. The third kappa shape index (κ3) is 6.27. The number of aryl methyl sites for hydroxylation is 1. The van der Waals surface area contributed by atoms with Gasteiger partial charge in [-0.2, -0.15) is 0 Å². The maximum absolute atomic E-state index is 3.27. The van der Waals surface area contributed by atoms with Crippen LogP contribution in [-0.4, -0.2) is 0 Å². The number of rotatable bonds is 5. The minimum atomic E-state index is 0.759. The molecule has 146 valence electrons. The smallest absolute Gasteiger partial charge is 0.0249 e. The summed E-state index contributed by atoms with van der Waals surface area (Å²) >= 11 is 0. The molecule has 0 radical (unpaired) electrons. The predicted molar refractivity (Wildman–Crippen MR) is 118 cm³/mol. The van der Waals surface area contributed by atoms with Gasteiger partial charge in [0.25, 0.3) is 0 Å². The van der Waals surface area contributed by atoms with Gasteiger partial charge in [-0.25, -0.2) is 0 Å². The van der Waals surface area contributed by atoms with Crippen LogP contribution in [0, 0.1) is 35.5 Å². The monoisotopic (exact) mass is 362 g/mol. The van der Waals surface area contributed by atoms with Gasteiger partial charge in [0.2, 0.25) is 0 Å². The van der Waals surface area contributed by atoms with Crippen molar-refractivity contribution < 1.29 is 0 Å². The molecule has 0 bridgehead atoms. The first-order chi connectivity index (χ1) is 13.3. The summed E-state index contributed by atoms with van der Waals surface area (Å²) in [5, 5.41) is 0. The molecule has 1 aromatic carbocycles. The van der Waals surface area contributed by atoms with Crippen molar-refractivity contribution in [3.05, 3.63) is 47.5 Å². The Labute approximate surface area is 167 Å². The van der Waals surface area contributed by atoms with Crippen LogP contribution in [-0.2, 0) is 6.42 Å². The summed E-state index contributed by atoms with van der Waals surface area (Å²) in [4.78, 5) is 0. The Morgan fingerprint density at radius 1 is 0.852 bits per heavy atom. The van der Waals surface area contributed by atoms with Gasteiger partial charge < -0.3 is 0 Å². The zero-order chi connectivity index (χ0) is 18.9. The molecule has 2 aliphatic carbocycles. The quantitative estimate of drug-likeness (QED) is 0.474. The summed E-state index contributed by atoms with van der Waals surface area (Å²) in [5.74, 6) is 10.4. The molecule has 3 rings (SSSR count). The van der Waals surface area contributed by atoms with E-state index in [1.807, 2.05) is 0 Å². The lowest BCUT2D eigenvalue weighted by Crippen LogP contribution is -2.25. The van der Waals surface area contributed by atoms with Crippen LogP contribution < -0.4 is 0 Å². The molecular weight excluding hydrogens is 324 g/mol. The van der Waals surface area contributed by atoms with Crippen LogP contribution in [0.3, 0.4) is 0 Å². The molecule has 0 heterocycles. The maximum Gasteiger partial charge on any atom is 0.0249 e. The molecule has 2 saturated carbocycles. The van der Waals surface area contributed by atoms with Crippen LogP contribution in [0.5, 0.6) is 0 Å². The third-order valence-corrected chi connectivity index (χ3v) is 7.10. The van der Waals surface area contributed by atoms with Crippen molar-refractivity contribution in [3.63, 3.8) is 0 Å². The number of hydrogen-bond donors (Lipinski definition) is 0. The molecule has 0 saturated heterocycles. The summed E-state index contributed by atoms with van der Waals surface area (Å²) in [5.41, 5.74) is 2.51. The SMILES string of the molecule is CCCC1CCC(C2CCC(/C=C/C#Cc3ccc(CC)cc3)CC2)CC1. The van der Waals surface area contributed by atoms with Crippen LogP contribution in [0.2, 0.25) is 0 Å². The van der Waals surface area contributed by atoms with Crippen LogP contribution in [0.25, 0.3) is 0 Å². The van der Waals surface area contributed by atoms with Crippen molar-refractivity contribution >= 4 is 0 Å². The Hall–Kier alpha value is -1.48. The lowest BCUT2D eigenvalue weighted by Gasteiger charge is -2.37. The minimum absolute atomic E-state index is 0.759. The second-order valence-corrected chi connectivity index (χ2v) is 8.92. The summed E-state index contributed by atoms with van der Waals surface area (Å²) in [6, 6.07) is 8.65. The summed E-state index contributed by atoms with van der Waals surface area (Å²) in [6.45, 7) is 4.53. The zero-order valence-electron chi connectivity index (χ0n) is 17.6. The highest BCUT2D eigenvalue weighted by Gasteiger charge is 2.29. The van der Waals surface area contributed by atoms with Gasteiger partial charge in [-0.1, -0.05) is 69.6 Å². The lowest BCUT2D eigenvalue weighted by atomic mass is 9.69. The van der Waals surface area contributed by atoms with E-state index in [2.05, 4.69) is 62.1 Å². The Balaban J connectivity index is 1.39. The molecule has 0 aromatic heterocycles. The molecule has 0 spiro atoms. The molecule has 0 atom stereocenters. The Kier molecular flexibility index (Phi) is 8.07. The lowest BCUT2D eigenvalue weighted by molar-refractivity contribution is 0.152. The Morgan fingerprint density at radius 3 is 2.07 bits per heavy atom. The van der Waals surface area contributed by atoms with Crippen molar-refractivity contribution in [1.82, 2.24) is 0 Å². The topological polar surface area (TPSA) is 0 Å². The summed E-state index contributed by atoms with van der Waals surface area (Å²) in [7, 11) is 0. The van der Waals surface area contributed by atoms with E-state index in [4.69, 9.17) is 0 Å². The molecule has 2 aliphatic rings. The fourth-order valence-electron chi connectivity index (χ4n) is 5.30. The zero-order valence-corrected chi connectivity index (χ0v) is 17.6. The van der Waals surface area contributed by atoms with Crippen LogP contribution in [0.1, 0.15) is 89.2 Å². The standard InChI is InChI=1S/C27H38/c1-3-7-23-14-18-26(19-15-23)27-20-16-25(17-21-27)9-6-5-8-24-12-10-22(4-2)11-13-24/h6,9-13,23,25-27H,3-4,7,14-21H2,1-2H3/b9-6+. The Morgan fingerprint density at radius 2 is 1.48 bits per heavy atom. The molecule has 0 heteroatoms. The van der Waals surface area contributed by atoms with E-state index < -0.39 is 0 Å². The van der Waals surface area contributed by atoms with Crippen molar-refractivity contribution in [2.75, 3.05) is 0 Å². The first kappa shape index (κ1) is 20.3. The average molecular weight is 363 g/mol. The highest BCUT2D eigenvalue weighted by Crippen LogP contribution is 2.42. The second kappa shape index (κ2) is 10.8. The fourth-order valence-corrected chi connectivity index (χ4v) is 5.30. The number of allylic oxidation sites excluding steroid dienone is 2. The molecule has 2 fully saturated rings. The molecule has 27 heavy (non-hydrogen) atoms. The van der Waals surface area contributed by atoms with E-state index in [-0.39, 0.29) is 0 Å². The molecule has 1 aromatic rings. The fraction of sp³-hybridized carbons (Fsp3) is 0.630. The number of hydrogen-bond acceptors (Lipinski definition) is 0. The van der Waals surface area contributed by atoms with Gasteiger partial charge in [-0.15, -0.1) is 0 Å². The van der Waals surface area contributed by atoms with E-state index in [1.54, 1.807) is 0 Å². The van der Waals surface area contributed by atoms with Gasteiger partial charge in [0.05, 0.1) is 0 Å². The Bertz CT molecular complexity index is 623. The summed E-state index contributed by atoms with van der Waals surface area (Å²) in [6.07, 6.45) is 20.1. The first-order valence-corrected chi connectivity index (χ1v) is 11.6. The first-order valence-electron chi connectivity index (χ1n) is 11.6. The minimum Gasteiger partial charge on any atom is -0.0730 e. The molecular formula is C27H38. The van der Waals surface area contributed by atoms with Gasteiger partial charge in [-0.3, -0.25) is 0 Å². The van der Waals surface area contributed by atoms with Crippen molar-refractivity contribution in [3.8, 4) is 11.8 Å². The van der Waals surface area contributed by atoms with Gasteiger partial charge in [0.15, 0.2) is 0 Å². The third-order valence-electron chi connectivity index (χ3n) is 7.10. The normalized spacial score (nSPS) is 28.7. The molecule has 0 nitrogen and oxygen atoms in total. The van der Waals surface area contributed by atoms with Gasteiger partial charge in [0.1, 0.15) is 0 Å². The van der Waals surface area contributed by atoms with E-state index in [0.29, 0.717) is 0 Å². The van der Waals surface area contributed by atoms with E-state index >= 15 is 0 Å². The molecule has 0 amide bonds. The van der Waals surface area contributed by atoms with E-state index in [1.165, 1.54) is 69.8 Å². The molecule has 0 aliphatic heterocycles.